The summed E-state index contributed by atoms with van der Waals surface area (Å²) in [5.41, 5.74) is 2.05. The molecule has 0 amide bonds. The van der Waals surface area contributed by atoms with Gasteiger partial charge < -0.3 is 5.11 Å². The minimum atomic E-state index is -0.428. The van der Waals surface area contributed by atoms with Gasteiger partial charge in [0, 0.05) is 17.0 Å². The summed E-state index contributed by atoms with van der Waals surface area (Å²) in [6, 6.07) is 9.99. The van der Waals surface area contributed by atoms with E-state index in [-0.39, 0.29) is 11.4 Å². The van der Waals surface area contributed by atoms with Crippen molar-refractivity contribution in [2.24, 2.45) is 0 Å². The van der Waals surface area contributed by atoms with E-state index in [0.29, 0.717) is 0 Å². The summed E-state index contributed by atoms with van der Waals surface area (Å²) >= 11 is 1.40. The van der Waals surface area contributed by atoms with Gasteiger partial charge in [0.05, 0.1) is 9.82 Å². The summed E-state index contributed by atoms with van der Waals surface area (Å²) in [6.07, 6.45) is 0. The Morgan fingerprint density at radius 2 is 1.79 bits per heavy atom. The lowest BCUT2D eigenvalue weighted by molar-refractivity contribution is -0.384. The Hall–Kier alpha value is -2.01. The predicted octanol–water partition coefficient (Wildman–Crippen LogP) is 4.07. The van der Waals surface area contributed by atoms with E-state index in [4.69, 9.17) is 0 Å². The molecule has 0 aliphatic heterocycles. The van der Waals surface area contributed by atoms with E-state index in [1.54, 1.807) is 18.2 Å². The second-order valence-corrected chi connectivity index (χ2v) is 5.37. The third kappa shape index (κ3) is 3.06. The zero-order valence-corrected chi connectivity index (χ0v) is 11.4. The van der Waals surface area contributed by atoms with Crippen molar-refractivity contribution in [2.75, 3.05) is 0 Å². The normalized spacial score (nSPS) is 10.4. The highest BCUT2D eigenvalue weighted by atomic mass is 32.2. The fraction of sp³-hybridized carbons (Fsp3) is 0.143. The molecule has 2 aromatic rings. The third-order valence-corrected chi connectivity index (χ3v) is 3.91. The van der Waals surface area contributed by atoms with E-state index in [1.165, 1.54) is 23.9 Å². The topological polar surface area (TPSA) is 63.4 Å². The Morgan fingerprint density at radius 3 is 2.32 bits per heavy atom. The molecule has 19 heavy (non-hydrogen) atoms. The molecule has 1 N–H and O–H groups in total. The number of nitrogens with zero attached hydrogens (tertiary/aromatic N) is 1. The van der Waals surface area contributed by atoms with Crippen molar-refractivity contribution in [3.05, 3.63) is 57.6 Å². The molecule has 4 nitrogen and oxygen atoms in total. The zero-order valence-electron chi connectivity index (χ0n) is 10.6. The van der Waals surface area contributed by atoms with Gasteiger partial charge >= 0.3 is 0 Å². The molecule has 0 aliphatic rings. The van der Waals surface area contributed by atoms with Gasteiger partial charge in [-0.05, 0) is 43.2 Å². The van der Waals surface area contributed by atoms with Gasteiger partial charge in [-0.25, -0.2) is 0 Å². The lowest BCUT2D eigenvalue weighted by Crippen LogP contribution is -1.87. The van der Waals surface area contributed by atoms with Gasteiger partial charge in [-0.15, -0.1) is 0 Å². The van der Waals surface area contributed by atoms with Gasteiger partial charge in [-0.2, -0.15) is 0 Å². The van der Waals surface area contributed by atoms with Crippen LogP contribution in [0.3, 0.4) is 0 Å². The maximum absolute atomic E-state index is 10.6. The molecule has 0 bridgehead atoms. The molecule has 0 spiro atoms. The first-order chi connectivity index (χ1) is 8.97. The van der Waals surface area contributed by atoms with E-state index in [9.17, 15) is 15.2 Å². The minimum Gasteiger partial charge on any atom is -0.507 e. The number of rotatable bonds is 3. The third-order valence-electron chi connectivity index (χ3n) is 2.67. The van der Waals surface area contributed by atoms with Gasteiger partial charge in [0.15, 0.2) is 0 Å². The Morgan fingerprint density at radius 1 is 1.16 bits per heavy atom. The van der Waals surface area contributed by atoms with E-state index in [2.05, 4.69) is 0 Å². The lowest BCUT2D eigenvalue weighted by atomic mass is 10.1. The van der Waals surface area contributed by atoms with Crippen molar-refractivity contribution in [3.63, 3.8) is 0 Å². The molecule has 0 aliphatic carbocycles. The zero-order chi connectivity index (χ0) is 14.0. The first-order valence-corrected chi connectivity index (χ1v) is 6.51. The monoisotopic (exact) mass is 275 g/mol. The Bertz CT molecular complexity index is 600. The maximum atomic E-state index is 10.6. The van der Waals surface area contributed by atoms with E-state index >= 15 is 0 Å². The van der Waals surface area contributed by atoms with Crippen LogP contribution in [-0.2, 0) is 0 Å². The maximum Gasteiger partial charge on any atom is 0.269 e. The van der Waals surface area contributed by atoms with Crippen LogP contribution in [0.15, 0.2) is 46.2 Å². The molecule has 0 radical (unpaired) electrons. The van der Waals surface area contributed by atoms with Crippen molar-refractivity contribution in [1.29, 1.82) is 0 Å². The highest BCUT2D eigenvalue weighted by Gasteiger charge is 2.10. The summed E-state index contributed by atoms with van der Waals surface area (Å²) in [4.78, 5) is 11.8. The Kier molecular flexibility index (Phi) is 3.76. The molecule has 5 heteroatoms. The second-order valence-electron chi connectivity index (χ2n) is 4.28. The molecule has 2 aromatic carbocycles. The number of nitro groups is 1. The summed E-state index contributed by atoms with van der Waals surface area (Å²) in [5.74, 6) is 0.237. The summed E-state index contributed by atoms with van der Waals surface area (Å²) in [6.45, 7) is 3.85. The highest BCUT2D eigenvalue weighted by Crippen LogP contribution is 2.37. The molecule has 0 atom stereocenters. The molecule has 0 unspecified atom stereocenters. The van der Waals surface area contributed by atoms with Crippen LogP contribution in [0.2, 0.25) is 0 Å². The van der Waals surface area contributed by atoms with Crippen LogP contribution in [0, 0.1) is 24.0 Å². The largest absolute Gasteiger partial charge is 0.507 e. The van der Waals surface area contributed by atoms with Crippen LogP contribution in [0.4, 0.5) is 5.69 Å². The molecule has 2 rings (SSSR count). The van der Waals surface area contributed by atoms with Crippen LogP contribution >= 0.6 is 11.8 Å². The van der Waals surface area contributed by atoms with Crippen LogP contribution in [0.25, 0.3) is 0 Å². The van der Waals surface area contributed by atoms with Crippen molar-refractivity contribution in [3.8, 4) is 5.75 Å². The minimum absolute atomic E-state index is 0.0641. The number of hydrogen-bond donors (Lipinski definition) is 1. The molecule has 0 saturated heterocycles. The van der Waals surface area contributed by atoms with Crippen molar-refractivity contribution in [2.45, 2.75) is 23.6 Å². The number of aryl methyl sites for hydroxylation is 2. The van der Waals surface area contributed by atoms with Gasteiger partial charge in [-0.1, -0.05) is 17.8 Å². The molecule has 98 valence electrons. The fourth-order valence-electron chi connectivity index (χ4n) is 1.82. The molecule has 0 aromatic heterocycles. The number of nitro benzene ring substituents is 1. The van der Waals surface area contributed by atoms with E-state index in [1.807, 2.05) is 19.9 Å². The predicted molar refractivity (Wildman–Crippen MR) is 74.8 cm³/mol. The quantitative estimate of drug-likeness (QED) is 0.677. The van der Waals surface area contributed by atoms with Gasteiger partial charge in [0.25, 0.3) is 5.69 Å². The van der Waals surface area contributed by atoms with Crippen LogP contribution in [-0.4, -0.2) is 10.0 Å². The smallest absolute Gasteiger partial charge is 0.269 e. The van der Waals surface area contributed by atoms with Crippen molar-refractivity contribution in [1.82, 2.24) is 0 Å². The number of hydrogen-bond acceptors (Lipinski definition) is 4. The van der Waals surface area contributed by atoms with Crippen LogP contribution in [0.5, 0.6) is 5.75 Å². The number of phenolic OH excluding ortho intramolecular Hbond substituents is 1. The average molecular weight is 275 g/mol. The average Bonchev–Trinajstić information content (AvgIpc) is 2.34. The molecular weight excluding hydrogens is 262 g/mol. The molecular formula is C14H13NO3S. The van der Waals surface area contributed by atoms with E-state index in [0.717, 1.165) is 20.9 Å². The van der Waals surface area contributed by atoms with Gasteiger partial charge in [0.1, 0.15) is 5.75 Å². The molecule has 0 heterocycles. The SMILES string of the molecule is Cc1cc(C)c(Sc2ccc([N+](=O)[O-])cc2)c(O)c1. The number of aromatic hydroxyl groups is 1. The first-order valence-electron chi connectivity index (χ1n) is 5.70. The Balaban J connectivity index is 2.29. The summed E-state index contributed by atoms with van der Waals surface area (Å²) in [7, 11) is 0. The van der Waals surface area contributed by atoms with Crippen molar-refractivity contribution < 1.29 is 10.0 Å². The number of phenols is 1. The number of non-ortho nitro benzene ring substituents is 1. The van der Waals surface area contributed by atoms with E-state index < -0.39 is 4.92 Å². The highest BCUT2D eigenvalue weighted by molar-refractivity contribution is 7.99. The number of benzene rings is 2. The van der Waals surface area contributed by atoms with Gasteiger partial charge in [-0.3, -0.25) is 10.1 Å². The molecule has 0 fully saturated rings. The van der Waals surface area contributed by atoms with Crippen LogP contribution < -0.4 is 0 Å². The summed E-state index contributed by atoms with van der Waals surface area (Å²) < 4.78 is 0. The lowest BCUT2D eigenvalue weighted by Gasteiger charge is -2.09. The fourth-order valence-corrected chi connectivity index (χ4v) is 2.71. The summed E-state index contributed by atoms with van der Waals surface area (Å²) in [5, 5.41) is 20.5. The van der Waals surface area contributed by atoms with Crippen molar-refractivity contribution >= 4 is 17.4 Å². The van der Waals surface area contributed by atoms with Gasteiger partial charge in [0.2, 0.25) is 0 Å². The molecule has 0 saturated carbocycles. The standard InChI is InChI=1S/C14H13NO3S/c1-9-7-10(2)14(13(16)8-9)19-12-5-3-11(4-6-12)15(17)18/h3-8,16H,1-2H3. The van der Waals surface area contributed by atoms with Crippen LogP contribution in [0.1, 0.15) is 11.1 Å². The second kappa shape index (κ2) is 5.32. The Labute approximate surface area is 115 Å². The first kappa shape index (κ1) is 13.4.